The highest BCUT2D eigenvalue weighted by molar-refractivity contribution is 6.37. The number of hydrogen-bond acceptors (Lipinski definition) is 4. The fraction of sp³-hybridized carbons (Fsp3) is 0. The third-order valence-corrected chi connectivity index (χ3v) is 5.03. The number of rotatable bonds is 4. The molecule has 0 saturated heterocycles. The second-order valence-electron chi connectivity index (χ2n) is 5.91. The molecule has 0 bridgehead atoms. The standard InChI is InChI=1S/C21H11Cl3N2O2/c22-13-7-8-14(17(24)10-13)19-18(20(27)12-4-3-9-25-11-12)21(28-26-19)15-5-1-2-6-16(15)23/h1-11H. The lowest BCUT2D eigenvalue weighted by Crippen LogP contribution is -2.04. The van der Waals surface area contributed by atoms with Crippen LogP contribution in [-0.2, 0) is 0 Å². The van der Waals surface area contributed by atoms with E-state index in [2.05, 4.69) is 10.1 Å². The SMILES string of the molecule is O=C(c1cccnc1)c1c(-c2ccc(Cl)cc2Cl)noc1-c1ccccc1Cl. The van der Waals surface area contributed by atoms with Crippen molar-refractivity contribution in [3.8, 4) is 22.6 Å². The molecule has 4 aromatic rings. The quantitative estimate of drug-likeness (QED) is 0.343. The molecule has 0 radical (unpaired) electrons. The van der Waals surface area contributed by atoms with Gasteiger partial charge in [-0.25, -0.2) is 0 Å². The van der Waals surface area contributed by atoms with Gasteiger partial charge < -0.3 is 4.52 Å². The zero-order valence-corrected chi connectivity index (χ0v) is 16.5. The first-order valence-corrected chi connectivity index (χ1v) is 9.34. The summed E-state index contributed by atoms with van der Waals surface area (Å²) in [5.74, 6) is -0.0363. The fourth-order valence-electron chi connectivity index (χ4n) is 2.84. The molecule has 0 unspecified atom stereocenters. The Hall–Kier alpha value is -2.66. The highest BCUT2D eigenvalue weighted by Crippen LogP contribution is 2.39. The van der Waals surface area contributed by atoms with E-state index in [9.17, 15) is 4.79 Å². The summed E-state index contributed by atoms with van der Waals surface area (Å²) in [4.78, 5) is 17.4. The molecule has 4 rings (SSSR count). The van der Waals surface area contributed by atoms with Crippen LogP contribution in [0.3, 0.4) is 0 Å². The Kier molecular flexibility index (Phi) is 5.18. The molecule has 2 aromatic heterocycles. The van der Waals surface area contributed by atoms with Crippen molar-refractivity contribution in [2.75, 3.05) is 0 Å². The first kappa shape index (κ1) is 18.7. The largest absolute Gasteiger partial charge is 0.355 e. The van der Waals surface area contributed by atoms with Crippen molar-refractivity contribution in [3.63, 3.8) is 0 Å². The van der Waals surface area contributed by atoms with Gasteiger partial charge in [-0.1, -0.05) is 52.1 Å². The zero-order valence-electron chi connectivity index (χ0n) is 14.2. The Labute approximate surface area is 175 Å². The van der Waals surface area contributed by atoms with Crippen molar-refractivity contribution >= 4 is 40.6 Å². The van der Waals surface area contributed by atoms with Gasteiger partial charge in [0.15, 0.2) is 5.76 Å². The van der Waals surface area contributed by atoms with Crippen LogP contribution >= 0.6 is 34.8 Å². The Morgan fingerprint density at radius 2 is 1.71 bits per heavy atom. The van der Waals surface area contributed by atoms with Crippen LogP contribution in [0.5, 0.6) is 0 Å². The average molecular weight is 430 g/mol. The predicted molar refractivity (Wildman–Crippen MR) is 110 cm³/mol. The number of pyridine rings is 1. The molecule has 0 spiro atoms. The van der Waals surface area contributed by atoms with E-state index in [-0.39, 0.29) is 17.1 Å². The summed E-state index contributed by atoms with van der Waals surface area (Å²) in [5.41, 5.74) is 2.04. The smallest absolute Gasteiger partial charge is 0.200 e. The number of carbonyl (C=O) groups is 1. The third kappa shape index (κ3) is 3.42. The molecule has 0 aliphatic rings. The van der Waals surface area contributed by atoms with Crippen molar-refractivity contribution in [2.24, 2.45) is 0 Å². The Balaban J connectivity index is 1.98. The molecule has 0 atom stereocenters. The number of aromatic nitrogens is 2. The Bertz CT molecular complexity index is 1170. The van der Waals surface area contributed by atoms with Crippen LogP contribution in [0.4, 0.5) is 0 Å². The normalized spacial score (nSPS) is 10.8. The molecule has 0 N–H and O–H groups in total. The maximum atomic E-state index is 13.3. The first-order chi connectivity index (χ1) is 13.6. The number of hydrogen-bond donors (Lipinski definition) is 0. The van der Waals surface area contributed by atoms with Crippen LogP contribution in [0, 0.1) is 0 Å². The molecule has 0 fully saturated rings. The summed E-state index contributed by atoms with van der Waals surface area (Å²) in [6.45, 7) is 0. The van der Waals surface area contributed by atoms with E-state index in [1.807, 2.05) is 0 Å². The molecule has 0 amide bonds. The number of carbonyl (C=O) groups excluding carboxylic acids is 1. The highest BCUT2D eigenvalue weighted by atomic mass is 35.5. The predicted octanol–water partition coefficient (Wildman–Crippen LogP) is 6.59. The number of nitrogens with zero attached hydrogens (tertiary/aromatic N) is 2. The van der Waals surface area contributed by atoms with Crippen LogP contribution < -0.4 is 0 Å². The maximum absolute atomic E-state index is 13.3. The summed E-state index contributed by atoms with van der Waals surface area (Å²) >= 11 is 18.7. The van der Waals surface area contributed by atoms with Crippen LogP contribution in [0.25, 0.3) is 22.6 Å². The lowest BCUT2D eigenvalue weighted by molar-refractivity contribution is 0.103. The Morgan fingerprint density at radius 1 is 0.893 bits per heavy atom. The van der Waals surface area contributed by atoms with Crippen LogP contribution in [0.15, 0.2) is 71.5 Å². The van der Waals surface area contributed by atoms with Crippen LogP contribution in [0.2, 0.25) is 15.1 Å². The van der Waals surface area contributed by atoms with Crippen molar-refractivity contribution in [2.45, 2.75) is 0 Å². The Morgan fingerprint density at radius 3 is 2.43 bits per heavy atom. The number of ketones is 1. The first-order valence-electron chi connectivity index (χ1n) is 8.21. The van der Waals surface area contributed by atoms with Gasteiger partial charge in [-0.2, -0.15) is 0 Å². The van der Waals surface area contributed by atoms with Gasteiger partial charge in [-0.3, -0.25) is 9.78 Å². The monoisotopic (exact) mass is 428 g/mol. The summed E-state index contributed by atoms with van der Waals surface area (Å²) in [6.07, 6.45) is 3.08. The lowest BCUT2D eigenvalue weighted by Gasteiger charge is -2.07. The molecule has 138 valence electrons. The van der Waals surface area contributed by atoms with Gasteiger partial charge in [0.05, 0.1) is 15.6 Å². The summed E-state index contributed by atoms with van der Waals surface area (Å²) < 4.78 is 5.58. The molecule has 28 heavy (non-hydrogen) atoms. The van der Waals surface area contributed by atoms with E-state index in [4.69, 9.17) is 39.3 Å². The van der Waals surface area contributed by atoms with Gasteiger partial charge in [0.25, 0.3) is 0 Å². The van der Waals surface area contributed by atoms with Gasteiger partial charge in [0.1, 0.15) is 5.69 Å². The second-order valence-corrected chi connectivity index (χ2v) is 7.16. The van der Waals surface area contributed by atoms with E-state index in [1.54, 1.807) is 60.8 Å². The maximum Gasteiger partial charge on any atom is 0.200 e. The zero-order chi connectivity index (χ0) is 19.7. The minimum Gasteiger partial charge on any atom is -0.355 e. The summed E-state index contributed by atoms with van der Waals surface area (Å²) in [6, 6.07) is 15.4. The molecule has 4 nitrogen and oxygen atoms in total. The summed E-state index contributed by atoms with van der Waals surface area (Å²) in [5, 5.41) is 5.41. The number of benzene rings is 2. The van der Waals surface area contributed by atoms with E-state index in [1.165, 1.54) is 6.20 Å². The van der Waals surface area contributed by atoms with E-state index in [0.29, 0.717) is 37.5 Å². The molecule has 2 heterocycles. The fourth-order valence-corrected chi connectivity index (χ4v) is 3.56. The van der Waals surface area contributed by atoms with Gasteiger partial charge in [0.2, 0.25) is 5.78 Å². The van der Waals surface area contributed by atoms with Crippen molar-refractivity contribution < 1.29 is 9.32 Å². The molecular formula is C21H11Cl3N2O2. The van der Waals surface area contributed by atoms with E-state index in [0.717, 1.165) is 0 Å². The average Bonchev–Trinajstić information content (AvgIpc) is 3.13. The molecular weight excluding hydrogens is 419 g/mol. The third-order valence-electron chi connectivity index (χ3n) is 4.15. The molecule has 0 aliphatic heterocycles. The van der Waals surface area contributed by atoms with Crippen molar-refractivity contribution in [3.05, 3.63) is 93.2 Å². The van der Waals surface area contributed by atoms with Gasteiger partial charge in [0, 0.05) is 34.1 Å². The minimum atomic E-state index is -0.301. The van der Waals surface area contributed by atoms with Crippen molar-refractivity contribution in [1.29, 1.82) is 0 Å². The molecule has 0 aliphatic carbocycles. The second kappa shape index (κ2) is 7.76. The number of halogens is 3. The van der Waals surface area contributed by atoms with Gasteiger partial charge in [-0.05, 0) is 42.5 Å². The van der Waals surface area contributed by atoms with Gasteiger partial charge >= 0.3 is 0 Å². The van der Waals surface area contributed by atoms with Crippen LogP contribution in [0.1, 0.15) is 15.9 Å². The van der Waals surface area contributed by atoms with Gasteiger partial charge in [-0.15, -0.1) is 0 Å². The van der Waals surface area contributed by atoms with Crippen LogP contribution in [-0.4, -0.2) is 15.9 Å². The molecule has 7 heteroatoms. The summed E-state index contributed by atoms with van der Waals surface area (Å²) in [7, 11) is 0. The highest BCUT2D eigenvalue weighted by Gasteiger charge is 2.28. The van der Waals surface area contributed by atoms with E-state index < -0.39 is 0 Å². The van der Waals surface area contributed by atoms with Crippen molar-refractivity contribution in [1.82, 2.24) is 10.1 Å². The van der Waals surface area contributed by atoms with E-state index >= 15 is 0 Å². The molecule has 0 saturated carbocycles. The molecule has 2 aromatic carbocycles. The minimum absolute atomic E-state index is 0.255. The topological polar surface area (TPSA) is 56.0 Å². The lowest BCUT2D eigenvalue weighted by atomic mass is 9.96.